The first-order valence-corrected chi connectivity index (χ1v) is 6.23. The highest BCUT2D eigenvalue weighted by Gasteiger charge is 2.08. The number of hydrogen-bond donors (Lipinski definition) is 1. The molecule has 19 heavy (non-hydrogen) atoms. The van der Waals surface area contributed by atoms with Gasteiger partial charge in [0.2, 0.25) is 0 Å². The maximum absolute atomic E-state index is 13.1. The van der Waals surface area contributed by atoms with Crippen molar-refractivity contribution in [1.29, 1.82) is 0 Å². The molecule has 1 heterocycles. The lowest BCUT2D eigenvalue weighted by Gasteiger charge is -2.14. The summed E-state index contributed by atoms with van der Waals surface area (Å²) in [5.41, 5.74) is 1.72. The minimum absolute atomic E-state index is 0.109. The Balaban J connectivity index is 1.88. The number of hydrogen-bond acceptors (Lipinski definition) is 2. The molecule has 0 amide bonds. The fraction of sp³-hybridized carbons (Fsp3) is 0.357. The molecule has 1 atom stereocenters. The van der Waals surface area contributed by atoms with Crippen LogP contribution in [-0.4, -0.2) is 16.3 Å². The number of nitrogens with zero attached hydrogens (tertiary/aromatic N) is 2. The molecule has 0 saturated carbocycles. The van der Waals surface area contributed by atoms with Crippen molar-refractivity contribution in [3.8, 4) is 0 Å². The van der Waals surface area contributed by atoms with Gasteiger partial charge in [-0.1, -0.05) is 0 Å². The van der Waals surface area contributed by atoms with Gasteiger partial charge in [-0.2, -0.15) is 5.10 Å². The zero-order valence-electron chi connectivity index (χ0n) is 11.0. The quantitative estimate of drug-likeness (QED) is 0.901. The molecule has 2 rings (SSSR count). The van der Waals surface area contributed by atoms with E-state index in [0.29, 0.717) is 12.1 Å². The van der Waals surface area contributed by atoms with Crippen LogP contribution in [0.5, 0.6) is 0 Å². The lowest BCUT2D eigenvalue weighted by Crippen LogP contribution is -2.23. The van der Waals surface area contributed by atoms with Crippen LogP contribution >= 0.6 is 0 Å². The third-order valence-corrected chi connectivity index (χ3v) is 2.94. The van der Waals surface area contributed by atoms with Crippen LogP contribution < -0.4 is 5.32 Å². The fourth-order valence-electron chi connectivity index (χ4n) is 1.93. The summed E-state index contributed by atoms with van der Waals surface area (Å²) >= 11 is 0. The molecule has 0 aliphatic carbocycles. The van der Waals surface area contributed by atoms with E-state index < -0.39 is 11.6 Å². The second-order valence-corrected chi connectivity index (χ2v) is 4.66. The first kappa shape index (κ1) is 13.7. The number of aryl methyl sites for hydroxylation is 1. The maximum Gasteiger partial charge on any atom is 0.126 e. The second kappa shape index (κ2) is 5.93. The van der Waals surface area contributed by atoms with Gasteiger partial charge in [0, 0.05) is 24.8 Å². The number of nitrogens with one attached hydrogen (secondary N) is 1. The van der Waals surface area contributed by atoms with E-state index in [2.05, 4.69) is 10.4 Å². The van der Waals surface area contributed by atoms with Crippen molar-refractivity contribution in [3.63, 3.8) is 0 Å². The van der Waals surface area contributed by atoms with E-state index >= 15 is 0 Å². The molecule has 1 N–H and O–H groups in total. The van der Waals surface area contributed by atoms with Gasteiger partial charge < -0.3 is 5.32 Å². The predicted octanol–water partition coefficient (Wildman–Crippen LogP) is 2.82. The van der Waals surface area contributed by atoms with E-state index in [-0.39, 0.29) is 6.04 Å². The molecule has 0 aliphatic heterocycles. The molecule has 2 aromatic rings. The lowest BCUT2D eigenvalue weighted by atomic mass is 10.1. The van der Waals surface area contributed by atoms with Crippen molar-refractivity contribution >= 4 is 0 Å². The van der Waals surface area contributed by atoms with Gasteiger partial charge in [-0.3, -0.25) is 4.68 Å². The summed E-state index contributed by atoms with van der Waals surface area (Å²) in [5, 5.41) is 7.39. The molecule has 0 radical (unpaired) electrons. The smallest absolute Gasteiger partial charge is 0.126 e. The van der Waals surface area contributed by atoms with Gasteiger partial charge in [0.05, 0.1) is 12.7 Å². The average molecular weight is 265 g/mol. The Morgan fingerprint density at radius 1 is 1.26 bits per heavy atom. The Morgan fingerprint density at radius 2 is 1.95 bits per heavy atom. The Hall–Kier alpha value is -1.75. The Kier molecular flexibility index (Phi) is 4.27. The van der Waals surface area contributed by atoms with Gasteiger partial charge in [0.15, 0.2) is 0 Å². The summed E-state index contributed by atoms with van der Waals surface area (Å²) in [6, 6.07) is 3.46. The van der Waals surface area contributed by atoms with Crippen LogP contribution in [0.3, 0.4) is 0 Å². The van der Waals surface area contributed by atoms with Crippen LogP contribution in [0.25, 0.3) is 0 Å². The topological polar surface area (TPSA) is 29.9 Å². The van der Waals surface area contributed by atoms with Gasteiger partial charge >= 0.3 is 0 Å². The summed E-state index contributed by atoms with van der Waals surface area (Å²) in [4.78, 5) is 0. The molecule has 3 nitrogen and oxygen atoms in total. The summed E-state index contributed by atoms with van der Waals surface area (Å²) in [6.45, 7) is 5.26. The lowest BCUT2D eigenvalue weighted by molar-refractivity contribution is 0.501. The van der Waals surface area contributed by atoms with Gasteiger partial charge in [0.1, 0.15) is 11.6 Å². The molecule has 0 fully saturated rings. The molecule has 0 spiro atoms. The third-order valence-electron chi connectivity index (χ3n) is 2.94. The van der Waals surface area contributed by atoms with Gasteiger partial charge in [-0.25, -0.2) is 8.78 Å². The molecule has 0 bridgehead atoms. The van der Waals surface area contributed by atoms with E-state index in [4.69, 9.17) is 0 Å². The molecular formula is C14H17F2N3. The fourth-order valence-corrected chi connectivity index (χ4v) is 1.93. The Morgan fingerprint density at radius 3 is 2.53 bits per heavy atom. The van der Waals surface area contributed by atoms with Crippen molar-refractivity contribution in [2.45, 2.75) is 26.4 Å². The largest absolute Gasteiger partial charge is 0.308 e. The van der Waals surface area contributed by atoms with Crippen molar-refractivity contribution < 1.29 is 8.78 Å². The highest BCUT2D eigenvalue weighted by Crippen LogP contribution is 2.15. The normalized spacial score (nSPS) is 12.6. The second-order valence-electron chi connectivity index (χ2n) is 4.66. The predicted molar refractivity (Wildman–Crippen MR) is 69.7 cm³/mol. The SMILES string of the molecule is Cc1cnn(CCNC(C)c2cc(F)cc(F)c2)c1. The molecule has 0 aliphatic rings. The van der Waals surface area contributed by atoms with Crippen LogP contribution in [0, 0.1) is 18.6 Å². The van der Waals surface area contributed by atoms with E-state index in [9.17, 15) is 8.78 Å². The average Bonchev–Trinajstić information content (AvgIpc) is 2.73. The Labute approximate surface area is 111 Å². The van der Waals surface area contributed by atoms with Crippen LogP contribution in [0.2, 0.25) is 0 Å². The molecule has 5 heteroatoms. The first-order valence-electron chi connectivity index (χ1n) is 6.23. The van der Waals surface area contributed by atoms with E-state index in [1.807, 2.05) is 24.7 Å². The van der Waals surface area contributed by atoms with Crippen LogP contribution in [0.4, 0.5) is 8.78 Å². The van der Waals surface area contributed by atoms with E-state index in [1.54, 1.807) is 6.20 Å². The standard InChI is InChI=1S/C14H17F2N3/c1-10-8-18-19(9-10)4-3-17-11(2)12-5-13(15)7-14(16)6-12/h5-9,11,17H,3-4H2,1-2H3. The molecule has 1 aromatic heterocycles. The zero-order chi connectivity index (χ0) is 13.8. The summed E-state index contributed by atoms with van der Waals surface area (Å²) < 4.78 is 28.0. The highest BCUT2D eigenvalue weighted by atomic mass is 19.1. The van der Waals surface area contributed by atoms with Crippen molar-refractivity contribution in [2.24, 2.45) is 0 Å². The third kappa shape index (κ3) is 3.86. The number of benzene rings is 1. The molecule has 1 aromatic carbocycles. The number of aromatic nitrogens is 2. The summed E-state index contributed by atoms with van der Waals surface area (Å²) in [5.74, 6) is -1.10. The van der Waals surface area contributed by atoms with E-state index in [1.165, 1.54) is 12.1 Å². The number of halogens is 2. The monoisotopic (exact) mass is 265 g/mol. The summed E-state index contributed by atoms with van der Waals surface area (Å²) in [6.07, 6.45) is 3.75. The van der Waals surface area contributed by atoms with Gasteiger partial charge in [-0.15, -0.1) is 0 Å². The zero-order valence-corrected chi connectivity index (χ0v) is 11.0. The molecule has 0 saturated heterocycles. The van der Waals surface area contributed by atoms with Crippen LogP contribution in [-0.2, 0) is 6.54 Å². The first-order chi connectivity index (χ1) is 9.04. The van der Waals surface area contributed by atoms with Crippen molar-refractivity contribution in [3.05, 3.63) is 53.4 Å². The summed E-state index contributed by atoms with van der Waals surface area (Å²) in [7, 11) is 0. The van der Waals surface area contributed by atoms with Crippen LogP contribution in [0.15, 0.2) is 30.6 Å². The Bertz CT molecular complexity index is 531. The van der Waals surface area contributed by atoms with Crippen molar-refractivity contribution in [2.75, 3.05) is 6.54 Å². The van der Waals surface area contributed by atoms with Crippen LogP contribution in [0.1, 0.15) is 24.1 Å². The van der Waals surface area contributed by atoms with E-state index in [0.717, 1.165) is 18.2 Å². The maximum atomic E-state index is 13.1. The van der Waals surface area contributed by atoms with Crippen molar-refractivity contribution in [1.82, 2.24) is 15.1 Å². The molecule has 102 valence electrons. The van der Waals surface area contributed by atoms with Gasteiger partial charge in [-0.05, 0) is 37.1 Å². The molecule has 1 unspecified atom stereocenters. The number of rotatable bonds is 5. The van der Waals surface area contributed by atoms with Gasteiger partial charge in [0.25, 0.3) is 0 Å². The molecular weight excluding hydrogens is 248 g/mol. The minimum Gasteiger partial charge on any atom is -0.308 e. The highest BCUT2D eigenvalue weighted by molar-refractivity contribution is 5.20. The minimum atomic E-state index is -0.550.